The van der Waals surface area contributed by atoms with Crippen LogP contribution in [0, 0.1) is 0 Å². The van der Waals surface area contributed by atoms with E-state index in [0.29, 0.717) is 19.6 Å². The molecular formula is C13H17F3N2O. The molecule has 1 unspecified atom stereocenters. The molecule has 1 atom stereocenters. The van der Waals surface area contributed by atoms with E-state index in [1.807, 2.05) is 24.3 Å². The summed E-state index contributed by atoms with van der Waals surface area (Å²) >= 11 is 0. The lowest BCUT2D eigenvalue weighted by Crippen LogP contribution is -2.39. The van der Waals surface area contributed by atoms with Gasteiger partial charge in [0.25, 0.3) is 0 Å². The van der Waals surface area contributed by atoms with Crippen molar-refractivity contribution in [3.05, 3.63) is 24.3 Å². The Hall–Kier alpha value is -1.43. The summed E-state index contributed by atoms with van der Waals surface area (Å²) in [4.78, 5) is 0. The lowest BCUT2D eigenvalue weighted by Gasteiger charge is -2.27. The Morgan fingerprint density at radius 1 is 1.32 bits per heavy atom. The molecule has 0 amide bonds. The van der Waals surface area contributed by atoms with Gasteiger partial charge in [0.15, 0.2) is 0 Å². The Bertz CT molecular complexity index is 409. The molecule has 1 aromatic carbocycles. The van der Waals surface area contributed by atoms with E-state index in [0.717, 1.165) is 11.4 Å². The van der Waals surface area contributed by atoms with Crippen LogP contribution in [0.1, 0.15) is 12.8 Å². The van der Waals surface area contributed by atoms with Crippen molar-refractivity contribution in [2.45, 2.75) is 25.1 Å². The minimum atomic E-state index is -4.07. The number of ether oxygens (including phenoxy) is 1. The van der Waals surface area contributed by atoms with Gasteiger partial charge in [-0.3, -0.25) is 0 Å². The predicted octanol–water partition coefficient (Wildman–Crippen LogP) is 2.79. The molecule has 0 aliphatic carbocycles. The summed E-state index contributed by atoms with van der Waals surface area (Å²) in [7, 11) is 0. The van der Waals surface area contributed by atoms with Gasteiger partial charge in [-0.2, -0.15) is 13.2 Å². The molecule has 0 aromatic heterocycles. The average Bonchev–Trinajstić information content (AvgIpc) is 2.37. The van der Waals surface area contributed by atoms with E-state index < -0.39 is 12.6 Å². The highest BCUT2D eigenvalue weighted by atomic mass is 19.4. The van der Waals surface area contributed by atoms with Crippen LogP contribution >= 0.6 is 0 Å². The quantitative estimate of drug-likeness (QED) is 0.810. The summed E-state index contributed by atoms with van der Waals surface area (Å²) in [5.74, 6) is 0.788. The molecule has 0 saturated carbocycles. The summed E-state index contributed by atoms with van der Waals surface area (Å²) in [6, 6.07) is 7.62. The Balaban J connectivity index is 1.66. The van der Waals surface area contributed by atoms with Crippen molar-refractivity contribution >= 4 is 5.69 Å². The fourth-order valence-electron chi connectivity index (χ4n) is 1.95. The van der Waals surface area contributed by atoms with Crippen LogP contribution < -0.4 is 15.4 Å². The molecule has 1 heterocycles. The zero-order chi connectivity index (χ0) is 13.7. The molecule has 0 saturated heterocycles. The second-order valence-electron chi connectivity index (χ2n) is 4.54. The number of para-hydroxylation sites is 2. The Labute approximate surface area is 110 Å². The van der Waals surface area contributed by atoms with E-state index in [-0.39, 0.29) is 12.5 Å². The van der Waals surface area contributed by atoms with Gasteiger partial charge in [-0.15, -0.1) is 0 Å². The first-order chi connectivity index (χ1) is 9.04. The number of rotatable bonds is 5. The minimum absolute atomic E-state index is 0.0548. The summed E-state index contributed by atoms with van der Waals surface area (Å²) in [6.45, 7) is 1.55. The van der Waals surface area contributed by atoms with Gasteiger partial charge in [-0.05, 0) is 25.1 Å². The van der Waals surface area contributed by atoms with E-state index >= 15 is 0 Å². The molecule has 0 spiro atoms. The largest absolute Gasteiger partial charge is 0.485 e. The highest BCUT2D eigenvalue weighted by molar-refractivity contribution is 5.57. The minimum Gasteiger partial charge on any atom is -0.485 e. The summed E-state index contributed by atoms with van der Waals surface area (Å²) in [5.41, 5.74) is 0.954. The first-order valence-corrected chi connectivity index (χ1v) is 6.31. The number of halogens is 3. The van der Waals surface area contributed by atoms with Gasteiger partial charge in [-0.25, -0.2) is 0 Å². The topological polar surface area (TPSA) is 33.3 Å². The highest BCUT2D eigenvalue weighted by Gasteiger charge is 2.26. The van der Waals surface area contributed by atoms with E-state index in [9.17, 15) is 13.2 Å². The van der Waals surface area contributed by atoms with E-state index in [1.54, 1.807) is 0 Å². The van der Waals surface area contributed by atoms with Crippen LogP contribution in [-0.2, 0) is 0 Å². The average molecular weight is 274 g/mol. The molecule has 0 radical (unpaired) electrons. The van der Waals surface area contributed by atoms with Crippen LogP contribution in [0.5, 0.6) is 5.75 Å². The van der Waals surface area contributed by atoms with Crippen molar-refractivity contribution in [2.75, 3.05) is 25.0 Å². The van der Waals surface area contributed by atoms with Crippen molar-refractivity contribution in [1.82, 2.24) is 5.32 Å². The van der Waals surface area contributed by atoms with Crippen molar-refractivity contribution in [1.29, 1.82) is 0 Å². The van der Waals surface area contributed by atoms with Crippen molar-refractivity contribution in [2.24, 2.45) is 0 Å². The zero-order valence-electron chi connectivity index (χ0n) is 10.5. The Morgan fingerprint density at radius 2 is 2.11 bits per heavy atom. The third kappa shape index (κ3) is 4.63. The number of hydrogen-bond donors (Lipinski definition) is 2. The molecule has 0 bridgehead atoms. The van der Waals surface area contributed by atoms with Crippen LogP contribution in [0.25, 0.3) is 0 Å². The molecule has 106 valence electrons. The normalized spacial score (nSPS) is 18.4. The number of nitrogens with one attached hydrogen (secondary N) is 2. The molecule has 0 fully saturated rings. The van der Waals surface area contributed by atoms with Crippen LogP contribution in [0.2, 0.25) is 0 Å². The SMILES string of the molecule is FC(F)(F)CCCNCC1CNc2ccccc2O1. The van der Waals surface area contributed by atoms with Crippen molar-refractivity contribution in [3.63, 3.8) is 0 Å². The molecule has 6 heteroatoms. The van der Waals surface area contributed by atoms with Crippen LogP contribution in [0.15, 0.2) is 24.3 Å². The van der Waals surface area contributed by atoms with Gasteiger partial charge < -0.3 is 15.4 Å². The first kappa shape index (κ1) is 14.0. The zero-order valence-corrected chi connectivity index (χ0v) is 10.5. The molecule has 2 rings (SSSR count). The number of fused-ring (bicyclic) bond motifs is 1. The standard InChI is InChI=1S/C13H17F3N2O/c14-13(15,16)6-3-7-17-8-10-9-18-11-4-1-2-5-12(11)19-10/h1-2,4-5,10,17-18H,3,6-9H2. The number of anilines is 1. The van der Waals surface area contributed by atoms with E-state index in [2.05, 4.69) is 10.6 Å². The summed E-state index contributed by atoms with van der Waals surface area (Å²) in [6.07, 6.45) is -4.77. The van der Waals surface area contributed by atoms with Gasteiger partial charge in [0, 0.05) is 13.0 Å². The second-order valence-corrected chi connectivity index (χ2v) is 4.54. The fourth-order valence-corrected chi connectivity index (χ4v) is 1.95. The van der Waals surface area contributed by atoms with Crippen molar-refractivity contribution in [3.8, 4) is 5.75 Å². The summed E-state index contributed by atoms with van der Waals surface area (Å²) in [5, 5.41) is 6.23. The molecule has 3 nitrogen and oxygen atoms in total. The fraction of sp³-hybridized carbons (Fsp3) is 0.538. The van der Waals surface area contributed by atoms with Crippen LogP contribution in [0.4, 0.5) is 18.9 Å². The molecular weight excluding hydrogens is 257 g/mol. The predicted molar refractivity (Wildman–Crippen MR) is 67.5 cm³/mol. The third-order valence-corrected chi connectivity index (χ3v) is 2.89. The molecule has 1 aliphatic rings. The van der Waals surface area contributed by atoms with Gasteiger partial charge in [0.2, 0.25) is 0 Å². The maximum atomic E-state index is 11.9. The second kappa shape index (κ2) is 6.14. The maximum Gasteiger partial charge on any atom is 0.389 e. The van der Waals surface area contributed by atoms with Gasteiger partial charge in [0.1, 0.15) is 11.9 Å². The third-order valence-electron chi connectivity index (χ3n) is 2.89. The van der Waals surface area contributed by atoms with Crippen LogP contribution in [0.3, 0.4) is 0 Å². The monoisotopic (exact) mass is 274 g/mol. The lowest BCUT2D eigenvalue weighted by molar-refractivity contribution is -0.135. The van der Waals surface area contributed by atoms with Crippen molar-refractivity contribution < 1.29 is 17.9 Å². The number of benzene rings is 1. The smallest absolute Gasteiger partial charge is 0.389 e. The highest BCUT2D eigenvalue weighted by Crippen LogP contribution is 2.27. The van der Waals surface area contributed by atoms with Gasteiger partial charge in [0.05, 0.1) is 12.2 Å². The molecule has 19 heavy (non-hydrogen) atoms. The lowest BCUT2D eigenvalue weighted by atomic mass is 10.2. The molecule has 1 aromatic rings. The van der Waals surface area contributed by atoms with Gasteiger partial charge in [-0.1, -0.05) is 12.1 Å². The Kier molecular flexibility index (Phi) is 4.52. The number of alkyl halides is 3. The summed E-state index contributed by atoms with van der Waals surface area (Å²) < 4.78 is 41.6. The molecule has 2 N–H and O–H groups in total. The molecule has 1 aliphatic heterocycles. The van der Waals surface area contributed by atoms with E-state index in [1.165, 1.54) is 0 Å². The van der Waals surface area contributed by atoms with Crippen LogP contribution in [-0.4, -0.2) is 31.9 Å². The van der Waals surface area contributed by atoms with E-state index in [4.69, 9.17) is 4.74 Å². The van der Waals surface area contributed by atoms with Gasteiger partial charge >= 0.3 is 6.18 Å². The first-order valence-electron chi connectivity index (χ1n) is 6.31. The maximum absolute atomic E-state index is 11.9. The Morgan fingerprint density at radius 3 is 2.89 bits per heavy atom. The number of hydrogen-bond acceptors (Lipinski definition) is 3.